The molecule has 1 aliphatic rings. The molecule has 9 heteroatoms. The molecular weight excluding hydrogens is 408 g/mol. The molecule has 0 bridgehead atoms. The molecule has 8 nitrogen and oxygen atoms in total. The highest BCUT2D eigenvalue weighted by Crippen LogP contribution is 2.32. The number of hydrogen-bond donors (Lipinski definition) is 1. The molecule has 0 radical (unpaired) electrons. The normalized spacial score (nSPS) is 15.1. The van der Waals surface area contributed by atoms with Crippen molar-refractivity contribution >= 4 is 21.6 Å². The Labute approximate surface area is 176 Å². The van der Waals surface area contributed by atoms with Gasteiger partial charge in [-0.05, 0) is 55.8 Å². The minimum Gasteiger partial charge on any atom is -0.497 e. The molecule has 0 saturated heterocycles. The van der Waals surface area contributed by atoms with Gasteiger partial charge in [-0.1, -0.05) is 6.07 Å². The maximum atomic E-state index is 12.9. The summed E-state index contributed by atoms with van der Waals surface area (Å²) in [6, 6.07) is 10.7. The number of amides is 1. The molecule has 162 valence electrons. The van der Waals surface area contributed by atoms with Crippen LogP contribution in [0.15, 0.2) is 42.5 Å². The Hall–Kier alpha value is -2.94. The van der Waals surface area contributed by atoms with E-state index in [9.17, 15) is 13.2 Å². The first-order valence-corrected chi connectivity index (χ1v) is 11.4. The number of fused-ring (bicyclic) bond motifs is 1. The van der Waals surface area contributed by atoms with Crippen LogP contribution in [0.4, 0.5) is 5.69 Å². The highest BCUT2D eigenvalue weighted by Gasteiger charge is 2.30. The van der Waals surface area contributed by atoms with Crippen LogP contribution in [0.2, 0.25) is 0 Å². The Bertz CT molecular complexity index is 1010. The zero-order valence-corrected chi connectivity index (χ0v) is 18.2. The molecule has 2 atom stereocenters. The largest absolute Gasteiger partial charge is 0.497 e. The third-order valence-corrected chi connectivity index (χ3v) is 6.08. The first kappa shape index (κ1) is 21.8. The lowest BCUT2D eigenvalue weighted by Crippen LogP contribution is -2.48. The van der Waals surface area contributed by atoms with Crippen molar-refractivity contribution in [2.24, 2.45) is 0 Å². The van der Waals surface area contributed by atoms with Crippen LogP contribution in [-0.2, 0) is 14.8 Å². The highest BCUT2D eigenvalue weighted by molar-refractivity contribution is 7.92. The molecule has 2 aromatic carbocycles. The molecule has 2 aromatic rings. The van der Waals surface area contributed by atoms with Crippen LogP contribution in [0.3, 0.4) is 0 Å². The Kier molecular flexibility index (Phi) is 6.40. The summed E-state index contributed by atoms with van der Waals surface area (Å²) < 4.78 is 42.2. The molecule has 0 aliphatic carbocycles. The number of hydrogen-bond acceptors (Lipinski definition) is 6. The lowest BCUT2D eigenvalue weighted by atomic mass is 10.1. The number of nitrogens with zero attached hydrogens (tertiary/aromatic N) is 1. The number of sulfonamides is 1. The van der Waals surface area contributed by atoms with Gasteiger partial charge >= 0.3 is 0 Å². The topological polar surface area (TPSA) is 94.2 Å². The lowest BCUT2D eigenvalue weighted by molar-refractivity contribution is -0.122. The number of carbonyl (C=O) groups is 1. The quantitative estimate of drug-likeness (QED) is 0.720. The number of benzene rings is 2. The van der Waals surface area contributed by atoms with Gasteiger partial charge in [-0.15, -0.1) is 0 Å². The predicted molar refractivity (Wildman–Crippen MR) is 114 cm³/mol. The van der Waals surface area contributed by atoms with Crippen molar-refractivity contribution < 1.29 is 27.4 Å². The number of ether oxygens (including phenoxy) is 3. The van der Waals surface area contributed by atoms with Gasteiger partial charge in [-0.25, -0.2) is 8.42 Å². The predicted octanol–water partition coefficient (Wildman–Crippen LogP) is 2.50. The van der Waals surface area contributed by atoms with Gasteiger partial charge in [0.1, 0.15) is 25.0 Å². The molecule has 0 unspecified atom stereocenters. The summed E-state index contributed by atoms with van der Waals surface area (Å²) in [5.74, 6) is 1.47. The van der Waals surface area contributed by atoms with Crippen LogP contribution in [0.25, 0.3) is 0 Å². The van der Waals surface area contributed by atoms with Crippen LogP contribution in [-0.4, -0.2) is 46.9 Å². The van der Waals surface area contributed by atoms with Gasteiger partial charge in [0.05, 0.1) is 25.1 Å². The number of anilines is 1. The van der Waals surface area contributed by atoms with Crippen LogP contribution < -0.4 is 23.8 Å². The van der Waals surface area contributed by atoms with Crippen LogP contribution in [0.1, 0.15) is 25.5 Å². The minimum atomic E-state index is -3.70. The maximum absolute atomic E-state index is 12.9. The molecule has 0 spiro atoms. The van der Waals surface area contributed by atoms with Crippen molar-refractivity contribution in [1.29, 1.82) is 0 Å². The molecule has 3 rings (SSSR count). The van der Waals surface area contributed by atoms with E-state index in [2.05, 4.69) is 5.32 Å². The van der Waals surface area contributed by atoms with Gasteiger partial charge < -0.3 is 19.5 Å². The second-order valence-electron chi connectivity index (χ2n) is 7.07. The van der Waals surface area contributed by atoms with Gasteiger partial charge in [0.25, 0.3) is 0 Å². The summed E-state index contributed by atoms with van der Waals surface area (Å²) in [7, 11) is -2.17. The Morgan fingerprint density at radius 1 is 1.07 bits per heavy atom. The van der Waals surface area contributed by atoms with Crippen molar-refractivity contribution in [2.45, 2.75) is 25.9 Å². The van der Waals surface area contributed by atoms with E-state index in [4.69, 9.17) is 14.2 Å². The van der Waals surface area contributed by atoms with Crippen molar-refractivity contribution in [3.8, 4) is 17.2 Å². The molecule has 1 N–H and O–H groups in total. The monoisotopic (exact) mass is 434 g/mol. The number of carbonyl (C=O) groups excluding carboxylic acids is 1. The third-order valence-electron chi connectivity index (χ3n) is 4.84. The second kappa shape index (κ2) is 8.83. The molecular formula is C21H26N2O6S. The van der Waals surface area contributed by atoms with Gasteiger partial charge in [0.15, 0.2) is 11.5 Å². The molecule has 1 amide bonds. The van der Waals surface area contributed by atoms with E-state index in [-0.39, 0.29) is 6.04 Å². The lowest BCUT2D eigenvalue weighted by Gasteiger charge is -2.29. The van der Waals surface area contributed by atoms with Gasteiger partial charge in [-0.3, -0.25) is 9.10 Å². The zero-order valence-electron chi connectivity index (χ0n) is 17.4. The van der Waals surface area contributed by atoms with Crippen molar-refractivity contribution in [3.05, 3.63) is 48.0 Å². The average molecular weight is 435 g/mol. The zero-order chi connectivity index (χ0) is 21.9. The van der Waals surface area contributed by atoms with Crippen LogP contribution >= 0.6 is 0 Å². The first-order chi connectivity index (χ1) is 14.2. The van der Waals surface area contributed by atoms with Gasteiger partial charge in [0, 0.05) is 0 Å². The maximum Gasteiger partial charge on any atom is 0.244 e. The average Bonchev–Trinajstić information content (AvgIpc) is 2.72. The summed E-state index contributed by atoms with van der Waals surface area (Å²) in [5.41, 5.74) is 1.21. The van der Waals surface area contributed by atoms with Crippen LogP contribution in [0, 0.1) is 0 Å². The van der Waals surface area contributed by atoms with E-state index in [0.717, 1.165) is 16.1 Å². The van der Waals surface area contributed by atoms with Crippen molar-refractivity contribution in [2.75, 3.05) is 30.9 Å². The third kappa shape index (κ3) is 4.79. The van der Waals surface area contributed by atoms with Gasteiger partial charge in [0.2, 0.25) is 15.9 Å². The fourth-order valence-electron chi connectivity index (χ4n) is 3.28. The fraction of sp³-hybridized carbons (Fsp3) is 0.381. The van der Waals surface area contributed by atoms with E-state index in [0.29, 0.717) is 36.1 Å². The van der Waals surface area contributed by atoms with Gasteiger partial charge in [-0.2, -0.15) is 0 Å². The summed E-state index contributed by atoms with van der Waals surface area (Å²) in [6.07, 6.45) is 1.07. The van der Waals surface area contributed by atoms with E-state index in [1.54, 1.807) is 37.3 Å². The first-order valence-electron chi connectivity index (χ1n) is 9.54. The molecule has 1 aliphatic heterocycles. The number of methoxy groups -OCH3 is 1. The van der Waals surface area contributed by atoms with E-state index in [1.807, 2.05) is 19.1 Å². The fourth-order valence-corrected chi connectivity index (χ4v) is 4.46. The van der Waals surface area contributed by atoms with Crippen molar-refractivity contribution in [3.63, 3.8) is 0 Å². The molecule has 30 heavy (non-hydrogen) atoms. The standard InChI is InChI=1S/C21H26N2O6S/c1-14(16-5-10-19-20(13-16)29-12-11-28-19)22-21(24)15(2)23(30(4,25)26)17-6-8-18(27-3)9-7-17/h5-10,13-15H,11-12H2,1-4H3,(H,22,24)/t14-,15-/m0/s1. The van der Waals surface area contributed by atoms with E-state index < -0.39 is 22.0 Å². The summed E-state index contributed by atoms with van der Waals surface area (Å²) in [4.78, 5) is 12.9. The molecule has 0 saturated carbocycles. The van der Waals surface area contributed by atoms with E-state index in [1.165, 1.54) is 7.11 Å². The Balaban J connectivity index is 1.77. The van der Waals surface area contributed by atoms with E-state index >= 15 is 0 Å². The molecule has 0 aromatic heterocycles. The second-order valence-corrected chi connectivity index (χ2v) is 8.93. The molecule has 1 heterocycles. The number of rotatable bonds is 7. The summed E-state index contributed by atoms with van der Waals surface area (Å²) in [6.45, 7) is 4.35. The Morgan fingerprint density at radius 2 is 1.70 bits per heavy atom. The SMILES string of the molecule is COc1ccc(N([C@@H](C)C(=O)N[C@@H](C)c2ccc3c(c2)OCCO3)S(C)(=O)=O)cc1. The summed E-state index contributed by atoms with van der Waals surface area (Å²) in [5, 5.41) is 2.88. The number of nitrogens with one attached hydrogen (secondary N) is 1. The minimum absolute atomic E-state index is 0.354. The molecule has 0 fully saturated rings. The van der Waals surface area contributed by atoms with Crippen LogP contribution in [0.5, 0.6) is 17.2 Å². The Morgan fingerprint density at radius 3 is 2.30 bits per heavy atom. The van der Waals surface area contributed by atoms with Crippen molar-refractivity contribution in [1.82, 2.24) is 5.32 Å². The summed E-state index contributed by atoms with van der Waals surface area (Å²) >= 11 is 0. The highest BCUT2D eigenvalue weighted by atomic mass is 32.2. The smallest absolute Gasteiger partial charge is 0.244 e.